The summed E-state index contributed by atoms with van der Waals surface area (Å²) in [6.45, 7) is 8.34. The summed E-state index contributed by atoms with van der Waals surface area (Å²) in [5, 5.41) is 4.61. The lowest BCUT2D eigenvalue weighted by Crippen LogP contribution is -2.18. The molecule has 0 bridgehead atoms. The van der Waals surface area contributed by atoms with Crippen molar-refractivity contribution < 1.29 is 4.42 Å². The third-order valence-corrected chi connectivity index (χ3v) is 3.33. The first-order chi connectivity index (χ1) is 8.08. The highest BCUT2D eigenvalue weighted by molar-refractivity contribution is 9.10. The Morgan fingerprint density at radius 3 is 2.82 bits per heavy atom. The molecule has 1 aromatic carbocycles. The molecule has 1 N–H and O–H groups in total. The van der Waals surface area contributed by atoms with Gasteiger partial charge in [0.15, 0.2) is 0 Å². The number of nitrogens with one attached hydrogen (secondary N) is 1. The van der Waals surface area contributed by atoms with Crippen molar-refractivity contribution in [2.45, 2.75) is 27.3 Å². The molecular formula is C14H18BrNO. The summed E-state index contributed by atoms with van der Waals surface area (Å²) in [5.74, 6) is 1.70. The molecule has 1 heterocycles. The Morgan fingerprint density at radius 1 is 1.35 bits per heavy atom. The molecule has 0 aliphatic carbocycles. The van der Waals surface area contributed by atoms with Crippen LogP contribution in [0.15, 0.2) is 27.1 Å². The molecule has 2 aromatic rings. The van der Waals surface area contributed by atoms with Crippen molar-refractivity contribution >= 4 is 26.9 Å². The average molecular weight is 296 g/mol. The lowest BCUT2D eigenvalue weighted by atomic mass is 10.1. The molecule has 0 saturated carbocycles. The second-order valence-electron chi connectivity index (χ2n) is 4.82. The van der Waals surface area contributed by atoms with Crippen molar-refractivity contribution in [1.29, 1.82) is 0 Å². The molecular weight excluding hydrogens is 278 g/mol. The number of hydrogen-bond acceptors (Lipinski definition) is 2. The molecule has 2 nitrogen and oxygen atoms in total. The summed E-state index contributed by atoms with van der Waals surface area (Å²) in [7, 11) is 0. The summed E-state index contributed by atoms with van der Waals surface area (Å²) in [5.41, 5.74) is 2.20. The molecule has 3 heteroatoms. The monoisotopic (exact) mass is 295 g/mol. The van der Waals surface area contributed by atoms with Crippen molar-refractivity contribution in [2.75, 3.05) is 6.54 Å². The average Bonchev–Trinajstić information content (AvgIpc) is 2.56. The van der Waals surface area contributed by atoms with Crippen LogP contribution >= 0.6 is 15.9 Å². The van der Waals surface area contributed by atoms with Crippen LogP contribution in [0.1, 0.15) is 25.2 Å². The van der Waals surface area contributed by atoms with Gasteiger partial charge in [-0.1, -0.05) is 29.8 Å². The summed E-state index contributed by atoms with van der Waals surface area (Å²) in [6.07, 6.45) is 0. The van der Waals surface area contributed by atoms with Gasteiger partial charge in [0.25, 0.3) is 0 Å². The normalized spacial score (nSPS) is 11.6. The first kappa shape index (κ1) is 12.7. The Morgan fingerprint density at radius 2 is 2.12 bits per heavy atom. The van der Waals surface area contributed by atoms with E-state index in [4.69, 9.17) is 4.42 Å². The van der Waals surface area contributed by atoms with Crippen LogP contribution in [0, 0.1) is 12.8 Å². The Balaban J connectivity index is 2.20. The molecule has 17 heavy (non-hydrogen) atoms. The zero-order valence-corrected chi connectivity index (χ0v) is 12.1. The number of rotatable bonds is 4. The number of fused-ring (bicyclic) bond motifs is 1. The van der Waals surface area contributed by atoms with E-state index in [2.05, 4.69) is 48.1 Å². The molecule has 0 saturated heterocycles. The van der Waals surface area contributed by atoms with Crippen LogP contribution in [0.3, 0.4) is 0 Å². The maximum Gasteiger partial charge on any atom is 0.134 e. The number of hydrogen-bond donors (Lipinski definition) is 1. The minimum Gasteiger partial charge on any atom is -0.459 e. The van der Waals surface area contributed by atoms with Crippen molar-refractivity contribution in [3.8, 4) is 0 Å². The third kappa shape index (κ3) is 2.90. The van der Waals surface area contributed by atoms with Crippen molar-refractivity contribution in [2.24, 2.45) is 5.92 Å². The van der Waals surface area contributed by atoms with Crippen LogP contribution in [0.2, 0.25) is 0 Å². The van der Waals surface area contributed by atoms with Gasteiger partial charge in [0.05, 0.1) is 6.54 Å². The van der Waals surface area contributed by atoms with Crippen molar-refractivity contribution in [1.82, 2.24) is 5.32 Å². The second kappa shape index (κ2) is 5.23. The third-order valence-electron chi connectivity index (χ3n) is 2.84. The fourth-order valence-electron chi connectivity index (χ4n) is 1.89. The van der Waals surface area contributed by atoms with E-state index < -0.39 is 0 Å². The molecule has 2 rings (SSSR count). The van der Waals surface area contributed by atoms with Gasteiger partial charge in [0.1, 0.15) is 11.3 Å². The molecule has 0 spiro atoms. The first-order valence-electron chi connectivity index (χ1n) is 5.96. The minimum atomic E-state index is 0.661. The number of furan rings is 1. The van der Waals surface area contributed by atoms with E-state index in [1.165, 1.54) is 10.9 Å². The molecule has 0 amide bonds. The summed E-state index contributed by atoms with van der Waals surface area (Å²) in [4.78, 5) is 0. The molecule has 0 aliphatic heterocycles. The topological polar surface area (TPSA) is 25.2 Å². The Hall–Kier alpha value is -0.800. The van der Waals surface area contributed by atoms with Gasteiger partial charge in [-0.05, 0) is 43.1 Å². The molecule has 92 valence electrons. The molecule has 0 radical (unpaired) electrons. The predicted octanol–water partition coefficient (Wildman–Crippen LogP) is 4.25. The van der Waals surface area contributed by atoms with Crippen LogP contribution in [-0.2, 0) is 6.54 Å². The molecule has 0 atom stereocenters. The Bertz CT molecular complexity index is 516. The first-order valence-corrected chi connectivity index (χ1v) is 6.75. The van der Waals surface area contributed by atoms with Crippen LogP contribution in [-0.4, -0.2) is 6.54 Å². The van der Waals surface area contributed by atoms with Gasteiger partial charge in [-0.25, -0.2) is 0 Å². The molecule has 0 unspecified atom stereocenters. The van der Waals surface area contributed by atoms with Gasteiger partial charge in [0.2, 0.25) is 0 Å². The van der Waals surface area contributed by atoms with Gasteiger partial charge in [-0.3, -0.25) is 0 Å². The van der Waals surface area contributed by atoms with Crippen molar-refractivity contribution in [3.63, 3.8) is 0 Å². The zero-order valence-electron chi connectivity index (χ0n) is 10.5. The van der Waals surface area contributed by atoms with Crippen LogP contribution in [0.4, 0.5) is 0 Å². The van der Waals surface area contributed by atoms with E-state index in [-0.39, 0.29) is 0 Å². The fourth-order valence-corrected chi connectivity index (χ4v) is 2.25. The van der Waals surface area contributed by atoms with E-state index in [1.54, 1.807) is 0 Å². The maximum atomic E-state index is 5.85. The zero-order chi connectivity index (χ0) is 12.4. The van der Waals surface area contributed by atoms with E-state index in [0.29, 0.717) is 5.92 Å². The molecule has 0 aliphatic rings. The van der Waals surface area contributed by atoms with Gasteiger partial charge >= 0.3 is 0 Å². The summed E-state index contributed by atoms with van der Waals surface area (Å²) < 4.78 is 6.95. The highest BCUT2D eigenvalue weighted by Gasteiger charge is 2.10. The lowest BCUT2D eigenvalue weighted by molar-refractivity contribution is 0.482. The summed E-state index contributed by atoms with van der Waals surface area (Å²) in [6, 6.07) is 6.13. The fraction of sp³-hybridized carbons (Fsp3) is 0.429. The van der Waals surface area contributed by atoms with E-state index >= 15 is 0 Å². The number of benzene rings is 1. The predicted molar refractivity (Wildman–Crippen MR) is 75.2 cm³/mol. The second-order valence-corrected chi connectivity index (χ2v) is 5.73. The summed E-state index contributed by atoms with van der Waals surface area (Å²) >= 11 is 3.49. The van der Waals surface area contributed by atoms with Crippen LogP contribution < -0.4 is 5.32 Å². The largest absolute Gasteiger partial charge is 0.459 e. The number of aryl methyl sites for hydroxylation is 1. The molecule has 1 aromatic heterocycles. The van der Waals surface area contributed by atoms with Gasteiger partial charge in [-0.2, -0.15) is 0 Å². The quantitative estimate of drug-likeness (QED) is 0.912. The smallest absolute Gasteiger partial charge is 0.134 e. The number of halogens is 1. The van der Waals surface area contributed by atoms with Gasteiger partial charge < -0.3 is 9.73 Å². The Kier molecular flexibility index (Phi) is 3.89. The lowest BCUT2D eigenvalue weighted by Gasteiger charge is -2.05. The molecule has 0 fully saturated rings. The SMILES string of the molecule is Cc1c(CNCC(C)C)oc2ccc(Br)cc12. The van der Waals surface area contributed by atoms with E-state index in [1.807, 2.05) is 12.1 Å². The van der Waals surface area contributed by atoms with Crippen LogP contribution in [0.25, 0.3) is 11.0 Å². The van der Waals surface area contributed by atoms with E-state index in [0.717, 1.165) is 28.9 Å². The minimum absolute atomic E-state index is 0.661. The Labute approximate surface area is 111 Å². The van der Waals surface area contributed by atoms with Crippen LogP contribution in [0.5, 0.6) is 0 Å². The van der Waals surface area contributed by atoms with E-state index in [9.17, 15) is 0 Å². The highest BCUT2D eigenvalue weighted by atomic mass is 79.9. The van der Waals surface area contributed by atoms with Crippen molar-refractivity contribution in [3.05, 3.63) is 34.0 Å². The van der Waals surface area contributed by atoms with Gasteiger partial charge in [0, 0.05) is 9.86 Å². The highest BCUT2D eigenvalue weighted by Crippen LogP contribution is 2.27. The maximum absolute atomic E-state index is 5.85. The van der Waals surface area contributed by atoms with Gasteiger partial charge in [-0.15, -0.1) is 0 Å². The standard InChI is InChI=1S/C14H18BrNO/c1-9(2)7-16-8-14-10(3)12-6-11(15)4-5-13(12)17-14/h4-6,9,16H,7-8H2,1-3H3.